The average molecular weight is 301 g/mol. The molecule has 0 saturated heterocycles. The normalized spacial score (nSPS) is 20.5. The van der Waals surface area contributed by atoms with Gasteiger partial charge in [-0.15, -0.1) is 5.10 Å². The summed E-state index contributed by atoms with van der Waals surface area (Å²) in [7, 11) is 0. The molecule has 2 unspecified atom stereocenters. The van der Waals surface area contributed by atoms with Gasteiger partial charge in [-0.05, 0) is 24.1 Å². The lowest BCUT2D eigenvalue weighted by molar-refractivity contribution is 0.436. The number of nitriles is 1. The topological polar surface area (TPSA) is 85.5 Å². The summed E-state index contributed by atoms with van der Waals surface area (Å²) >= 11 is 6.07. The molecule has 1 aliphatic rings. The van der Waals surface area contributed by atoms with Crippen LogP contribution in [0.5, 0.6) is 5.88 Å². The first-order valence-corrected chi connectivity index (χ1v) is 7.02. The number of aromatic nitrogens is 2. The molecule has 0 aliphatic carbocycles. The molecule has 0 fully saturated rings. The number of aromatic amines is 1. The third-order valence-electron chi connectivity index (χ3n) is 3.68. The molecule has 0 spiro atoms. The fourth-order valence-corrected chi connectivity index (χ4v) is 2.91. The molecule has 0 amide bonds. The third-order valence-corrected chi connectivity index (χ3v) is 3.92. The first kappa shape index (κ1) is 13.7. The van der Waals surface area contributed by atoms with E-state index in [9.17, 15) is 5.26 Å². The second-order valence-corrected chi connectivity index (χ2v) is 5.32. The van der Waals surface area contributed by atoms with Crippen LogP contribution in [-0.2, 0) is 6.42 Å². The van der Waals surface area contributed by atoms with E-state index in [2.05, 4.69) is 16.3 Å². The molecule has 1 aliphatic heterocycles. The van der Waals surface area contributed by atoms with Crippen molar-refractivity contribution >= 4 is 17.5 Å². The predicted molar refractivity (Wildman–Crippen MR) is 78.7 cm³/mol. The van der Waals surface area contributed by atoms with Gasteiger partial charge in [-0.3, -0.25) is 10.5 Å². The average Bonchev–Trinajstić information content (AvgIpc) is 2.88. The van der Waals surface area contributed by atoms with Crippen LogP contribution in [0.25, 0.3) is 0 Å². The van der Waals surface area contributed by atoms with Crippen molar-refractivity contribution < 1.29 is 4.74 Å². The van der Waals surface area contributed by atoms with Gasteiger partial charge < -0.3 is 4.74 Å². The van der Waals surface area contributed by atoms with Crippen LogP contribution in [0.15, 0.2) is 24.3 Å². The molecule has 0 radical (unpaired) electrons. The van der Waals surface area contributed by atoms with Crippen LogP contribution < -0.4 is 4.74 Å². The number of aryl methyl sites for hydroxylation is 1. The number of benzene rings is 1. The molecule has 2 N–H and O–H groups in total. The molecule has 2 atom stereocenters. The molecule has 6 heteroatoms. The number of nitrogens with one attached hydrogen (secondary N) is 2. The Kier molecular flexibility index (Phi) is 3.40. The molecule has 1 aromatic carbocycles. The van der Waals surface area contributed by atoms with Gasteiger partial charge in [-0.25, -0.2) is 0 Å². The molecule has 2 heterocycles. The van der Waals surface area contributed by atoms with Gasteiger partial charge >= 0.3 is 0 Å². The van der Waals surface area contributed by atoms with Gasteiger partial charge in [0.15, 0.2) is 0 Å². The molecule has 106 valence electrons. The number of H-pyrrole nitrogens is 1. The van der Waals surface area contributed by atoms with Crippen molar-refractivity contribution in [3.8, 4) is 11.9 Å². The smallest absolute Gasteiger partial charge is 0.243 e. The number of nitrogens with zero attached hydrogens (tertiary/aromatic N) is 2. The van der Waals surface area contributed by atoms with Crippen molar-refractivity contribution in [1.82, 2.24) is 10.2 Å². The molecular formula is C15H13ClN4O. The van der Waals surface area contributed by atoms with Gasteiger partial charge in [0.05, 0.1) is 6.07 Å². The van der Waals surface area contributed by atoms with Crippen LogP contribution in [-0.4, -0.2) is 16.1 Å². The van der Waals surface area contributed by atoms with Crippen LogP contribution in [0.4, 0.5) is 0 Å². The molecule has 0 saturated carbocycles. The minimum Gasteiger partial charge on any atom is -0.422 e. The number of hydrogen-bond donors (Lipinski definition) is 2. The van der Waals surface area contributed by atoms with Crippen LogP contribution in [0.1, 0.15) is 29.7 Å². The maximum absolute atomic E-state index is 9.45. The number of rotatable bonds is 2. The summed E-state index contributed by atoms with van der Waals surface area (Å²) in [4.78, 5) is 0. The Morgan fingerprint density at radius 1 is 1.52 bits per heavy atom. The summed E-state index contributed by atoms with van der Waals surface area (Å²) in [6.45, 7) is 2.00. The number of halogens is 1. The third kappa shape index (κ3) is 2.18. The molecule has 2 aromatic rings. The molecule has 21 heavy (non-hydrogen) atoms. The quantitative estimate of drug-likeness (QED) is 0.892. The molecule has 0 bridgehead atoms. The highest BCUT2D eigenvalue weighted by Crippen LogP contribution is 2.43. The summed E-state index contributed by atoms with van der Waals surface area (Å²) in [5.41, 5.74) is 2.66. The van der Waals surface area contributed by atoms with E-state index >= 15 is 0 Å². The van der Waals surface area contributed by atoms with Crippen molar-refractivity contribution in [1.29, 1.82) is 10.7 Å². The highest BCUT2D eigenvalue weighted by molar-refractivity contribution is 6.30. The first-order chi connectivity index (χ1) is 10.2. The summed E-state index contributed by atoms with van der Waals surface area (Å²) in [5, 5.41) is 25.0. The van der Waals surface area contributed by atoms with Gasteiger partial charge in [-0.1, -0.05) is 30.7 Å². The summed E-state index contributed by atoms with van der Waals surface area (Å²) in [6, 6.07) is 9.54. The van der Waals surface area contributed by atoms with Gasteiger partial charge in [0, 0.05) is 22.2 Å². The monoisotopic (exact) mass is 300 g/mol. The fraction of sp³-hybridized carbons (Fsp3) is 0.267. The van der Waals surface area contributed by atoms with E-state index in [1.165, 1.54) is 0 Å². The standard InChI is InChI=1S/C15H13ClN4O/c1-2-11-13-12(8-4-3-5-9(16)6-8)10(7-17)14(18)21-15(13)20-19-11/h3-6,10,12,18H,2H2,1H3,(H,19,20). The zero-order chi connectivity index (χ0) is 15.0. The SMILES string of the molecule is CCc1[nH]nc2c1C(c1cccc(Cl)c1)C(C#N)C(=N)O2. The van der Waals surface area contributed by atoms with Crippen LogP contribution in [0, 0.1) is 22.7 Å². The van der Waals surface area contributed by atoms with Crippen LogP contribution in [0.2, 0.25) is 5.02 Å². The second kappa shape index (κ2) is 5.23. The molecular weight excluding hydrogens is 288 g/mol. The van der Waals surface area contributed by atoms with Crippen LogP contribution in [0.3, 0.4) is 0 Å². The Morgan fingerprint density at radius 3 is 3.00 bits per heavy atom. The lowest BCUT2D eigenvalue weighted by Crippen LogP contribution is -2.31. The summed E-state index contributed by atoms with van der Waals surface area (Å²) in [6.07, 6.45) is 0.744. The van der Waals surface area contributed by atoms with Gasteiger partial charge in [0.2, 0.25) is 11.8 Å². The Hall–Kier alpha value is -2.32. The van der Waals surface area contributed by atoms with E-state index in [4.69, 9.17) is 21.7 Å². The lowest BCUT2D eigenvalue weighted by atomic mass is 9.79. The van der Waals surface area contributed by atoms with E-state index in [1.54, 1.807) is 6.07 Å². The van der Waals surface area contributed by atoms with Crippen molar-refractivity contribution in [3.05, 3.63) is 46.1 Å². The highest BCUT2D eigenvalue weighted by atomic mass is 35.5. The molecule has 3 rings (SSSR count). The van der Waals surface area contributed by atoms with E-state index in [0.29, 0.717) is 10.9 Å². The first-order valence-electron chi connectivity index (χ1n) is 6.64. The number of hydrogen-bond acceptors (Lipinski definition) is 4. The maximum atomic E-state index is 9.45. The number of ether oxygens (including phenoxy) is 1. The van der Waals surface area contributed by atoms with Gasteiger partial charge in [0.1, 0.15) is 5.92 Å². The Bertz CT molecular complexity index is 746. The fourth-order valence-electron chi connectivity index (χ4n) is 2.71. The van der Waals surface area contributed by atoms with E-state index in [-0.39, 0.29) is 11.8 Å². The largest absolute Gasteiger partial charge is 0.422 e. The van der Waals surface area contributed by atoms with Crippen molar-refractivity contribution in [2.45, 2.75) is 19.3 Å². The minimum atomic E-state index is -0.682. The van der Waals surface area contributed by atoms with Crippen LogP contribution >= 0.6 is 11.6 Å². The molecule has 5 nitrogen and oxygen atoms in total. The van der Waals surface area contributed by atoms with E-state index < -0.39 is 5.92 Å². The van der Waals surface area contributed by atoms with E-state index in [0.717, 1.165) is 23.2 Å². The Balaban J connectivity index is 2.22. The maximum Gasteiger partial charge on any atom is 0.243 e. The highest BCUT2D eigenvalue weighted by Gasteiger charge is 2.40. The Morgan fingerprint density at radius 2 is 2.33 bits per heavy atom. The Labute approximate surface area is 127 Å². The molecule has 1 aromatic heterocycles. The van der Waals surface area contributed by atoms with Crippen molar-refractivity contribution in [3.63, 3.8) is 0 Å². The second-order valence-electron chi connectivity index (χ2n) is 4.88. The summed E-state index contributed by atoms with van der Waals surface area (Å²) < 4.78 is 5.39. The van der Waals surface area contributed by atoms with Gasteiger partial charge in [-0.2, -0.15) is 5.26 Å². The lowest BCUT2D eigenvalue weighted by Gasteiger charge is -2.28. The minimum absolute atomic E-state index is 0.0795. The predicted octanol–water partition coefficient (Wildman–Crippen LogP) is 3.27. The van der Waals surface area contributed by atoms with Crippen molar-refractivity contribution in [2.24, 2.45) is 5.92 Å². The zero-order valence-corrected chi connectivity index (χ0v) is 12.1. The zero-order valence-electron chi connectivity index (χ0n) is 11.4. The van der Waals surface area contributed by atoms with E-state index in [1.807, 2.05) is 25.1 Å². The van der Waals surface area contributed by atoms with Crippen molar-refractivity contribution in [2.75, 3.05) is 0 Å². The van der Waals surface area contributed by atoms with Gasteiger partial charge in [0.25, 0.3) is 0 Å². The summed E-state index contributed by atoms with van der Waals surface area (Å²) in [5.74, 6) is -0.671. The number of fused-ring (bicyclic) bond motifs is 1.